The van der Waals surface area contributed by atoms with Crippen LogP contribution in [-0.2, 0) is 16.1 Å². The average molecular weight is 415 g/mol. The molecule has 0 bridgehead atoms. The monoisotopic (exact) mass is 414 g/mol. The van der Waals surface area contributed by atoms with E-state index in [0.717, 1.165) is 17.0 Å². The minimum Gasteiger partial charge on any atom is -0.491 e. The van der Waals surface area contributed by atoms with Gasteiger partial charge in [-0.05, 0) is 29.8 Å². The van der Waals surface area contributed by atoms with Crippen molar-refractivity contribution in [3.05, 3.63) is 71.3 Å². The van der Waals surface area contributed by atoms with E-state index >= 15 is 0 Å². The van der Waals surface area contributed by atoms with Gasteiger partial charge in [-0.1, -0.05) is 54.3 Å². The standard InChI is InChI=1S/C21H22N2O3S2/c1-22(17-8-10-18(11-9-17)26-13-12-25-2)15-19-20(24)23(21(27)28-19)14-16-6-4-3-5-7-16/h3-11,15H,12-14H2,1-2H3/b19-15-. The Balaban J connectivity index is 1.65. The Kier molecular flexibility index (Phi) is 7.08. The van der Waals surface area contributed by atoms with Crippen molar-refractivity contribution in [2.24, 2.45) is 0 Å². The predicted octanol–water partition coefficient (Wildman–Crippen LogP) is 4.05. The zero-order valence-corrected chi connectivity index (χ0v) is 17.5. The first-order valence-electron chi connectivity index (χ1n) is 8.82. The van der Waals surface area contributed by atoms with Gasteiger partial charge in [0.1, 0.15) is 16.7 Å². The van der Waals surface area contributed by atoms with Crippen LogP contribution in [0.4, 0.5) is 5.69 Å². The number of nitrogens with zero attached hydrogens (tertiary/aromatic N) is 2. The fraction of sp³-hybridized carbons (Fsp3) is 0.238. The van der Waals surface area contributed by atoms with Gasteiger partial charge in [0.15, 0.2) is 0 Å². The summed E-state index contributed by atoms with van der Waals surface area (Å²) in [5, 5.41) is 0. The van der Waals surface area contributed by atoms with Gasteiger partial charge in [-0.2, -0.15) is 0 Å². The third-order valence-electron chi connectivity index (χ3n) is 4.17. The smallest absolute Gasteiger partial charge is 0.267 e. The number of anilines is 1. The molecule has 0 aliphatic carbocycles. The number of benzene rings is 2. The molecule has 1 heterocycles. The number of thioether (sulfide) groups is 1. The van der Waals surface area contributed by atoms with Crippen molar-refractivity contribution in [3.8, 4) is 5.75 Å². The molecule has 0 spiro atoms. The average Bonchev–Trinajstić information content (AvgIpc) is 2.97. The van der Waals surface area contributed by atoms with E-state index in [0.29, 0.717) is 29.0 Å². The zero-order valence-electron chi connectivity index (χ0n) is 15.8. The topological polar surface area (TPSA) is 42.0 Å². The molecule has 0 atom stereocenters. The van der Waals surface area contributed by atoms with E-state index in [9.17, 15) is 4.79 Å². The molecular formula is C21H22N2O3S2. The van der Waals surface area contributed by atoms with E-state index in [1.807, 2.05) is 72.7 Å². The second kappa shape index (κ2) is 9.73. The molecule has 1 fully saturated rings. The van der Waals surface area contributed by atoms with Gasteiger partial charge in [0, 0.05) is 26.0 Å². The quantitative estimate of drug-likeness (QED) is 0.369. The summed E-state index contributed by atoms with van der Waals surface area (Å²) in [6.45, 7) is 1.54. The second-order valence-corrected chi connectivity index (χ2v) is 7.86. The Morgan fingerprint density at radius 1 is 1.11 bits per heavy atom. The fourth-order valence-corrected chi connectivity index (χ4v) is 3.93. The van der Waals surface area contributed by atoms with Gasteiger partial charge >= 0.3 is 0 Å². The van der Waals surface area contributed by atoms with Crippen LogP contribution in [0.15, 0.2) is 65.7 Å². The highest BCUT2D eigenvalue weighted by atomic mass is 32.2. The molecule has 1 saturated heterocycles. The molecule has 0 radical (unpaired) electrons. The number of amides is 1. The Morgan fingerprint density at radius 3 is 2.50 bits per heavy atom. The van der Waals surface area contributed by atoms with Gasteiger partial charge in [-0.15, -0.1) is 0 Å². The molecule has 1 aliphatic heterocycles. The molecule has 7 heteroatoms. The maximum Gasteiger partial charge on any atom is 0.267 e. The molecule has 2 aromatic rings. The first-order valence-corrected chi connectivity index (χ1v) is 10.0. The van der Waals surface area contributed by atoms with Gasteiger partial charge < -0.3 is 14.4 Å². The third-order valence-corrected chi connectivity index (χ3v) is 5.53. The van der Waals surface area contributed by atoms with Gasteiger partial charge in [0.2, 0.25) is 0 Å². The maximum atomic E-state index is 12.8. The van der Waals surface area contributed by atoms with Crippen molar-refractivity contribution in [2.45, 2.75) is 6.54 Å². The molecule has 3 rings (SSSR count). The van der Waals surface area contributed by atoms with Gasteiger partial charge in [0.05, 0.1) is 18.1 Å². The normalized spacial score (nSPS) is 15.4. The molecule has 0 unspecified atom stereocenters. The summed E-state index contributed by atoms with van der Waals surface area (Å²) in [6, 6.07) is 17.5. The molecule has 2 aromatic carbocycles. The summed E-state index contributed by atoms with van der Waals surface area (Å²) in [7, 11) is 3.55. The molecule has 1 aliphatic rings. The van der Waals surface area contributed by atoms with E-state index in [2.05, 4.69) is 0 Å². The van der Waals surface area contributed by atoms with Crippen LogP contribution in [0.5, 0.6) is 5.75 Å². The second-order valence-electron chi connectivity index (χ2n) is 6.18. The summed E-state index contributed by atoms with van der Waals surface area (Å²) < 4.78 is 11.1. The van der Waals surface area contributed by atoms with E-state index in [1.54, 1.807) is 12.0 Å². The van der Waals surface area contributed by atoms with E-state index in [4.69, 9.17) is 21.7 Å². The molecule has 5 nitrogen and oxygen atoms in total. The number of carbonyl (C=O) groups excluding carboxylic acids is 1. The first kappa shape index (κ1) is 20.4. The summed E-state index contributed by atoms with van der Waals surface area (Å²) >= 11 is 6.74. The van der Waals surface area contributed by atoms with Gasteiger partial charge in [-0.25, -0.2) is 0 Å². The summed E-state index contributed by atoms with van der Waals surface area (Å²) in [4.78, 5) is 16.9. The van der Waals surface area contributed by atoms with Crippen molar-refractivity contribution in [1.82, 2.24) is 4.90 Å². The minimum atomic E-state index is -0.0646. The minimum absolute atomic E-state index is 0.0646. The van der Waals surface area contributed by atoms with Crippen molar-refractivity contribution >= 4 is 39.9 Å². The van der Waals surface area contributed by atoms with Crippen molar-refractivity contribution in [1.29, 1.82) is 0 Å². The summed E-state index contributed by atoms with van der Waals surface area (Å²) in [5.41, 5.74) is 2.00. The van der Waals surface area contributed by atoms with Crippen LogP contribution in [0.25, 0.3) is 0 Å². The van der Waals surface area contributed by atoms with E-state index < -0.39 is 0 Å². The highest BCUT2D eigenvalue weighted by Crippen LogP contribution is 2.33. The van der Waals surface area contributed by atoms with Gasteiger partial charge in [-0.3, -0.25) is 9.69 Å². The van der Waals surface area contributed by atoms with Crippen LogP contribution >= 0.6 is 24.0 Å². The first-order chi connectivity index (χ1) is 13.6. The number of thiocarbonyl (C=S) groups is 1. The van der Waals surface area contributed by atoms with Gasteiger partial charge in [0.25, 0.3) is 5.91 Å². The summed E-state index contributed by atoms with van der Waals surface area (Å²) in [5.74, 6) is 0.716. The fourth-order valence-electron chi connectivity index (χ4n) is 2.66. The molecule has 1 amide bonds. The molecule has 0 saturated carbocycles. The van der Waals surface area contributed by atoms with Crippen LogP contribution in [0.3, 0.4) is 0 Å². The predicted molar refractivity (Wildman–Crippen MR) is 117 cm³/mol. The Morgan fingerprint density at radius 2 is 1.82 bits per heavy atom. The largest absolute Gasteiger partial charge is 0.491 e. The third kappa shape index (κ3) is 5.13. The highest BCUT2D eigenvalue weighted by molar-refractivity contribution is 8.26. The lowest BCUT2D eigenvalue weighted by atomic mass is 10.2. The van der Waals surface area contributed by atoms with Crippen LogP contribution in [0.1, 0.15) is 5.56 Å². The zero-order chi connectivity index (χ0) is 19.9. The highest BCUT2D eigenvalue weighted by Gasteiger charge is 2.32. The molecule has 146 valence electrons. The van der Waals surface area contributed by atoms with E-state index in [1.165, 1.54) is 11.8 Å². The van der Waals surface area contributed by atoms with Crippen molar-refractivity contribution in [2.75, 3.05) is 32.3 Å². The Hall–Kier alpha value is -2.35. The lowest BCUT2D eigenvalue weighted by molar-refractivity contribution is -0.122. The number of ether oxygens (including phenoxy) is 2. The SMILES string of the molecule is COCCOc1ccc(N(C)/C=C2\SC(=S)N(Cc3ccccc3)C2=O)cc1. The molecule has 28 heavy (non-hydrogen) atoms. The summed E-state index contributed by atoms with van der Waals surface area (Å²) in [6.07, 6.45) is 1.82. The van der Waals surface area contributed by atoms with Crippen LogP contribution < -0.4 is 9.64 Å². The Bertz CT molecular complexity index is 854. The number of hydrogen-bond donors (Lipinski definition) is 0. The molecule has 0 aromatic heterocycles. The lowest BCUT2D eigenvalue weighted by Crippen LogP contribution is -2.27. The van der Waals surface area contributed by atoms with Crippen LogP contribution in [-0.4, -0.2) is 42.5 Å². The van der Waals surface area contributed by atoms with Crippen molar-refractivity contribution in [3.63, 3.8) is 0 Å². The lowest BCUT2D eigenvalue weighted by Gasteiger charge is -2.16. The maximum absolute atomic E-state index is 12.8. The van der Waals surface area contributed by atoms with Crippen LogP contribution in [0.2, 0.25) is 0 Å². The molecule has 0 N–H and O–H groups in total. The number of carbonyl (C=O) groups is 1. The number of rotatable bonds is 8. The molecular weight excluding hydrogens is 392 g/mol. The Labute approximate surface area is 174 Å². The number of hydrogen-bond acceptors (Lipinski definition) is 6. The number of methoxy groups -OCH3 is 1. The van der Waals surface area contributed by atoms with E-state index in [-0.39, 0.29) is 5.91 Å². The van der Waals surface area contributed by atoms with Crippen LogP contribution in [0, 0.1) is 0 Å². The van der Waals surface area contributed by atoms with Crippen molar-refractivity contribution < 1.29 is 14.3 Å².